The van der Waals surface area contributed by atoms with Crippen LogP contribution in [0.3, 0.4) is 0 Å². The molecule has 2 aromatic carbocycles. The van der Waals surface area contributed by atoms with Crippen LogP contribution in [0.4, 0.5) is 5.69 Å². The van der Waals surface area contributed by atoms with E-state index in [1.54, 1.807) is 32.0 Å². The van der Waals surface area contributed by atoms with Gasteiger partial charge in [0.25, 0.3) is 11.8 Å². The van der Waals surface area contributed by atoms with Crippen molar-refractivity contribution in [3.05, 3.63) is 59.7 Å². The third kappa shape index (κ3) is 7.13. The summed E-state index contributed by atoms with van der Waals surface area (Å²) in [6, 6.07) is 12.6. The van der Waals surface area contributed by atoms with E-state index in [-0.39, 0.29) is 10.5 Å². The van der Waals surface area contributed by atoms with Gasteiger partial charge in [-0.2, -0.15) is 4.31 Å². The molecule has 0 aliphatic rings. The third-order valence-corrected chi connectivity index (χ3v) is 6.88. The molecule has 1 unspecified atom stereocenters. The Balaban J connectivity index is 1.88. The summed E-state index contributed by atoms with van der Waals surface area (Å²) in [7, 11) is -3.63. The van der Waals surface area contributed by atoms with Crippen LogP contribution in [0, 0.1) is 6.92 Å². The summed E-state index contributed by atoms with van der Waals surface area (Å²) in [6.07, 6.45) is -1.06. The molecule has 1 atom stereocenters. The van der Waals surface area contributed by atoms with E-state index >= 15 is 0 Å². The lowest BCUT2D eigenvalue weighted by Gasteiger charge is -2.18. The Morgan fingerprint density at radius 2 is 1.67 bits per heavy atom. The molecule has 2 amide bonds. The Kier molecular flexibility index (Phi) is 9.12. The van der Waals surface area contributed by atoms with Crippen molar-refractivity contribution < 1.29 is 27.5 Å². The molecule has 33 heavy (non-hydrogen) atoms. The fourth-order valence-corrected chi connectivity index (χ4v) is 4.46. The predicted octanol–water partition coefficient (Wildman–Crippen LogP) is 2.33. The number of carbonyl (C=O) groups is 3. The molecule has 2 rings (SSSR count). The van der Waals surface area contributed by atoms with Gasteiger partial charge in [-0.25, -0.2) is 8.42 Å². The van der Waals surface area contributed by atoms with Crippen LogP contribution in [0.15, 0.2) is 53.4 Å². The highest BCUT2D eigenvalue weighted by atomic mass is 32.2. The average Bonchev–Trinajstić information content (AvgIpc) is 2.78. The van der Waals surface area contributed by atoms with E-state index in [0.717, 1.165) is 5.56 Å². The maximum atomic E-state index is 12.5. The van der Waals surface area contributed by atoms with Crippen LogP contribution in [0.25, 0.3) is 0 Å². The molecule has 0 spiro atoms. The number of aryl methyl sites for hydroxylation is 1. The molecule has 0 saturated carbocycles. The highest BCUT2D eigenvalue weighted by molar-refractivity contribution is 7.89. The largest absolute Gasteiger partial charge is 0.451 e. The Hall–Kier alpha value is -3.24. The second-order valence-electron chi connectivity index (χ2n) is 7.29. The first-order valence-electron chi connectivity index (χ1n) is 10.5. The van der Waals surface area contributed by atoms with Gasteiger partial charge in [-0.15, -0.1) is 0 Å². The van der Waals surface area contributed by atoms with Crippen LogP contribution in [-0.2, 0) is 24.3 Å². The first-order valence-corrected chi connectivity index (χ1v) is 12.0. The fourth-order valence-electron chi connectivity index (χ4n) is 3.00. The highest BCUT2D eigenvalue weighted by Gasteiger charge is 2.22. The first kappa shape index (κ1) is 26.0. The molecular weight excluding hydrogens is 446 g/mol. The molecule has 0 radical (unpaired) electrons. The highest BCUT2D eigenvalue weighted by Crippen LogP contribution is 2.16. The fraction of sp³-hybridized carbons (Fsp3) is 0.348. The number of benzene rings is 2. The molecule has 9 nitrogen and oxygen atoms in total. The topological polar surface area (TPSA) is 122 Å². The molecule has 0 aliphatic carbocycles. The van der Waals surface area contributed by atoms with Crippen LogP contribution in [-0.4, -0.2) is 56.2 Å². The lowest BCUT2D eigenvalue weighted by molar-refractivity contribution is -0.152. The van der Waals surface area contributed by atoms with E-state index in [0.29, 0.717) is 18.8 Å². The molecule has 2 N–H and O–H groups in total. The minimum absolute atomic E-state index is 0.0793. The minimum atomic E-state index is -3.63. The lowest BCUT2D eigenvalue weighted by atomic mass is 10.2. The summed E-state index contributed by atoms with van der Waals surface area (Å²) in [5.41, 5.74) is 1.74. The van der Waals surface area contributed by atoms with E-state index < -0.39 is 40.5 Å². The van der Waals surface area contributed by atoms with Gasteiger partial charge in [-0.3, -0.25) is 14.4 Å². The van der Waals surface area contributed by atoms with Crippen molar-refractivity contribution in [3.8, 4) is 0 Å². The molecular formula is C23H29N3O6S. The Morgan fingerprint density at radius 3 is 2.24 bits per heavy atom. The van der Waals surface area contributed by atoms with Gasteiger partial charge in [-0.05, 0) is 55.8 Å². The van der Waals surface area contributed by atoms with Crippen molar-refractivity contribution in [1.82, 2.24) is 9.62 Å². The molecule has 0 heterocycles. The van der Waals surface area contributed by atoms with Gasteiger partial charge in [0.1, 0.15) is 6.54 Å². The van der Waals surface area contributed by atoms with Crippen LogP contribution < -0.4 is 10.6 Å². The van der Waals surface area contributed by atoms with Crippen molar-refractivity contribution in [2.24, 2.45) is 0 Å². The number of rotatable bonds is 10. The van der Waals surface area contributed by atoms with Crippen molar-refractivity contribution in [2.75, 3.05) is 25.0 Å². The molecule has 178 valence electrons. The van der Waals surface area contributed by atoms with E-state index in [1.165, 1.54) is 35.5 Å². The smallest absolute Gasteiger partial charge is 0.326 e. The SMILES string of the molecule is CCN(CC)S(=O)(=O)c1ccc(C(=O)NCC(=O)OC(C)C(=O)Nc2cccc(C)c2)cc1. The molecule has 0 bridgehead atoms. The van der Waals surface area contributed by atoms with E-state index in [1.807, 2.05) is 13.0 Å². The van der Waals surface area contributed by atoms with Gasteiger partial charge in [0.15, 0.2) is 6.10 Å². The number of hydrogen-bond acceptors (Lipinski definition) is 6. The van der Waals surface area contributed by atoms with Crippen molar-refractivity contribution in [1.29, 1.82) is 0 Å². The van der Waals surface area contributed by atoms with Gasteiger partial charge in [0.2, 0.25) is 10.0 Å². The molecule has 0 aromatic heterocycles. The number of carbonyl (C=O) groups excluding carboxylic acids is 3. The van der Waals surface area contributed by atoms with Crippen molar-refractivity contribution in [3.63, 3.8) is 0 Å². The van der Waals surface area contributed by atoms with Gasteiger partial charge in [0, 0.05) is 24.3 Å². The summed E-state index contributed by atoms with van der Waals surface area (Å²) >= 11 is 0. The number of esters is 1. The van der Waals surface area contributed by atoms with Crippen LogP contribution in [0.2, 0.25) is 0 Å². The number of nitrogens with zero attached hydrogens (tertiary/aromatic N) is 1. The maximum absolute atomic E-state index is 12.5. The Morgan fingerprint density at radius 1 is 1.03 bits per heavy atom. The van der Waals surface area contributed by atoms with Gasteiger partial charge in [0.05, 0.1) is 4.90 Å². The number of amides is 2. The van der Waals surface area contributed by atoms with E-state index in [4.69, 9.17) is 4.74 Å². The van der Waals surface area contributed by atoms with Crippen molar-refractivity contribution in [2.45, 2.75) is 38.7 Å². The number of anilines is 1. The molecule has 0 fully saturated rings. The maximum Gasteiger partial charge on any atom is 0.326 e. The minimum Gasteiger partial charge on any atom is -0.451 e. The Bertz CT molecular complexity index is 1100. The zero-order chi connectivity index (χ0) is 24.6. The predicted molar refractivity (Wildman–Crippen MR) is 124 cm³/mol. The summed E-state index contributed by atoms with van der Waals surface area (Å²) in [5, 5.41) is 5.05. The van der Waals surface area contributed by atoms with Crippen LogP contribution >= 0.6 is 0 Å². The molecule has 0 saturated heterocycles. The van der Waals surface area contributed by atoms with Gasteiger partial charge in [-0.1, -0.05) is 26.0 Å². The first-order chi connectivity index (χ1) is 15.6. The molecule has 2 aromatic rings. The normalized spacial score (nSPS) is 12.2. The molecule has 0 aliphatic heterocycles. The zero-order valence-corrected chi connectivity index (χ0v) is 19.9. The quantitative estimate of drug-likeness (QED) is 0.509. The van der Waals surface area contributed by atoms with Gasteiger partial charge < -0.3 is 15.4 Å². The van der Waals surface area contributed by atoms with E-state index in [9.17, 15) is 22.8 Å². The van der Waals surface area contributed by atoms with E-state index in [2.05, 4.69) is 10.6 Å². The van der Waals surface area contributed by atoms with Crippen LogP contribution in [0.1, 0.15) is 36.7 Å². The summed E-state index contributed by atoms with van der Waals surface area (Å²) in [4.78, 5) is 36.6. The monoisotopic (exact) mass is 475 g/mol. The van der Waals surface area contributed by atoms with Gasteiger partial charge >= 0.3 is 5.97 Å². The number of sulfonamides is 1. The second-order valence-corrected chi connectivity index (χ2v) is 9.23. The second kappa shape index (κ2) is 11.6. The average molecular weight is 476 g/mol. The van der Waals surface area contributed by atoms with Crippen LogP contribution in [0.5, 0.6) is 0 Å². The zero-order valence-electron chi connectivity index (χ0n) is 19.1. The number of nitrogens with one attached hydrogen (secondary N) is 2. The lowest BCUT2D eigenvalue weighted by Crippen LogP contribution is -2.35. The summed E-state index contributed by atoms with van der Waals surface area (Å²) in [6.45, 7) is 7.04. The van der Waals surface area contributed by atoms with Crippen molar-refractivity contribution >= 4 is 33.5 Å². The summed E-state index contributed by atoms with van der Waals surface area (Å²) < 4.78 is 31.4. The standard InChI is InChI=1S/C23H29N3O6S/c1-5-26(6-2)33(30,31)20-12-10-18(11-13-20)23(29)24-15-21(27)32-17(4)22(28)25-19-9-7-8-16(3)14-19/h7-14,17H,5-6,15H2,1-4H3,(H,24,29)(H,25,28). The molecule has 10 heteroatoms. The number of hydrogen-bond donors (Lipinski definition) is 2. The summed E-state index contributed by atoms with van der Waals surface area (Å²) in [5.74, 6) is -1.85. The Labute approximate surface area is 194 Å². The third-order valence-electron chi connectivity index (χ3n) is 4.82. The number of ether oxygens (including phenoxy) is 1.